The van der Waals surface area contributed by atoms with E-state index in [4.69, 9.17) is 9.84 Å². The number of carboxylic acids is 1. The minimum atomic E-state index is -0.981. The van der Waals surface area contributed by atoms with Gasteiger partial charge in [0.05, 0.1) is 13.0 Å². The van der Waals surface area contributed by atoms with Crippen molar-refractivity contribution in [1.29, 1.82) is 0 Å². The molecule has 1 aliphatic rings. The van der Waals surface area contributed by atoms with E-state index in [1.54, 1.807) is 0 Å². The van der Waals surface area contributed by atoms with E-state index in [-0.39, 0.29) is 24.9 Å². The first-order valence-electron chi connectivity index (χ1n) is 6.09. The van der Waals surface area contributed by atoms with Crippen LogP contribution in [0.5, 0.6) is 0 Å². The summed E-state index contributed by atoms with van der Waals surface area (Å²) in [6.45, 7) is 4.50. The Hall–Kier alpha value is -1.10. The van der Waals surface area contributed by atoms with Crippen LogP contribution < -0.4 is 0 Å². The van der Waals surface area contributed by atoms with E-state index < -0.39 is 5.97 Å². The normalized spacial score (nSPS) is 15.0. The summed E-state index contributed by atoms with van der Waals surface area (Å²) < 4.78 is 5.37. The highest BCUT2D eigenvalue weighted by molar-refractivity contribution is 5.81. The number of aliphatic carboxylic acids is 1. The second-order valence-corrected chi connectivity index (χ2v) is 4.78. The monoisotopic (exact) mass is 243 g/mol. The lowest BCUT2D eigenvalue weighted by atomic mass is 10.2. The molecular formula is C12H21NO4. The average Bonchev–Trinajstić information content (AvgIpc) is 3.03. The molecule has 1 saturated carbocycles. The lowest BCUT2D eigenvalue weighted by molar-refractivity contribution is -0.146. The third-order valence-electron chi connectivity index (χ3n) is 2.76. The number of carbonyl (C=O) groups is 2. The molecule has 5 nitrogen and oxygen atoms in total. The molecule has 1 fully saturated rings. The van der Waals surface area contributed by atoms with Gasteiger partial charge in [-0.1, -0.05) is 0 Å². The van der Waals surface area contributed by atoms with Gasteiger partial charge in [0.2, 0.25) is 5.91 Å². The van der Waals surface area contributed by atoms with Gasteiger partial charge in [0, 0.05) is 12.6 Å². The van der Waals surface area contributed by atoms with E-state index in [2.05, 4.69) is 0 Å². The second kappa shape index (κ2) is 6.59. The van der Waals surface area contributed by atoms with Crippen molar-refractivity contribution in [3.63, 3.8) is 0 Å². The van der Waals surface area contributed by atoms with Crippen molar-refractivity contribution in [2.24, 2.45) is 5.92 Å². The molecule has 0 saturated heterocycles. The predicted octanol–water partition coefficient (Wildman–Crippen LogP) is 1.12. The van der Waals surface area contributed by atoms with Gasteiger partial charge in [0.15, 0.2) is 0 Å². The first-order chi connectivity index (χ1) is 8.00. The fraction of sp³-hybridized carbons (Fsp3) is 0.833. The molecular weight excluding hydrogens is 222 g/mol. The number of nitrogens with zero attached hydrogens (tertiary/aromatic N) is 1. The van der Waals surface area contributed by atoms with E-state index >= 15 is 0 Å². The summed E-state index contributed by atoms with van der Waals surface area (Å²) in [6.07, 6.45) is 2.72. The smallest absolute Gasteiger partial charge is 0.323 e. The zero-order valence-corrected chi connectivity index (χ0v) is 10.5. The van der Waals surface area contributed by atoms with Crippen LogP contribution in [0.2, 0.25) is 0 Å². The van der Waals surface area contributed by atoms with Crippen molar-refractivity contribution in [2.75, 3.05) is 19.8 Å². The summed E-state index contributed by atoms with van der Waals surface area (Å²) in [5, 5.41) is 8.71. The maximum absolute atomic E-state index is 11.8. The third-order valence-corrected chi connectivity index (χ3v) is 2.76. The van der Waals surface area contributed by atoms with E-state index in [1.807, 2.05) is 13.8 Å². The maximum atomic E-state index is 11.8. The van der Waals surface area contributed by atoms with Crippen molar-refractivity contribution >= 4 is 11.9 Å². The molecule has 0 aliphatic heterocycles. The van der Waals surface area contributed by atoms with Crippen LogP contribution in [0.25, 0.3) is 0 Å². The summed E-state index contributed by atoms with van der Waals surface area (Å²) in [4.78, 5) is 23.7. The molecule has 0 heterocycles. The standard InChI is InChI=1S/C12H21NO4/c1-9(2)13(7-12(15)16)11(14)5-6-17-8-10-3-4-10/h9-10H,3-8H2,1-2H3,(H,15,16). The zero-order chi connectivity index (χ0) is 12.8. The largest absolute Gasteiger partial charge is 0.480 e. The molecule has 0 radical (unpaired) electrons. The Morgan fingerprint density at radius 1 is 1.41 bits per heavy atom. The lowest BCUT2D eigenvalue weighted by Crippen LogP contribution is -2.41. The van der Waals surface area contributed by atoms with Crippen LogP contribution in [0.15, 0.2) is 0 Å². The number of hydrogen-bond acceptors (Lipinski definition) is 3. The Bertz CT molecular complexity index is 274. The van der Waals surface area contributed by atoms with E-state index in [1.165, 1.54) is 17.7 Å². The predicted molar refractivity (Wildman–Crippen MR) is 62.6 cm³/mol. The van der Waals surface area contributed by atoms with Gasteiger partial charge in [0.25, 0.3) is 0 Å². The Balaban J connectivity index is 2.22. The molecule has 1 amide bonds. The van der Waals surface area contributed by atoms with Crippen molar-refractivity contribution in [2.45, 2.75) is 39.2 Å². The van der Waals surface area contributed by atoms with Crippen LogP contribution in [0.1, 0.15) is 33.1 Å². The molecule has 0 aromatic heterocycles. The SMILES string of the molecule is CC(C)N(CC(=O)O)C(=O)CCOCC1CC1. The Morgan fingerprint density at radius 3 is 2.53 bits per heavy atom. The van der Waals surface area contributed by atoms with Gasteiger partial charge in [-0.2, -0.15) is 0 Å². The molecule has 1 N–H and O–H groups in total. The number of carboxylic acid groups (broad SMARTS) is 1. The molecule has 1 aliphatic carbocycles. The topological polar surface area (TPSA) is 66.8 Å². The minimum Gasteiger partial charge on any atom is -0.480 e. The molecule has 5 heteroatoms. The molecule has 98 valence electrons. The zero-order valence-electron chi connectivity index (χ0n) is 10.5. The van der Waals surface area contributed by atoms with Crippen molar-refractivity contribution < 1.29 is 19.4 Å². The number of ether oxygens (including phenoxy) is 1. The Morgan fingerprint density at radius 2 is 2.06 bits per heavy atom. The quantitative estimate of drug-likeness (QED) is 0.649. The fourth-order valence-electron chi connectivity index (χ4n) is 1.54. The Kier molecular flexibility index (Phi) is 5.41. The fourth-order valence-corrected chi connectivity index (χ4v) is 1.54. The summed E-state index contributed by atoms with van der Waals surface area (Å²) in [7, 11) is 0. The van der Waals surface area contributed by atoms with Crippen LogP contribution in [0.3, 0.4) is 0 Å². The molecule has 0 spiro atoms. The van der Waals surface area contributed by atoms with E-state index in [9.17, 15) is 9.59 Å². The van der Waals surface area contributed by atoms with Gasteiger partial charge in [-0.15, -0.1) is 0 Å². The van der Waals surface area contributed by atoms with E-state index in [0.717, 1.165) is 6.61 Å². The van der Waals surface area contributed by atoms with Crippen LogP contribution in [0, 0.1) is 5.92 Å². The molecule has 1 rings (SSSR count). The van der Waals surface area contributed by atoms with Gasteiger partial charge < -0.3 is 14.7 Å². The molecule has 0 unspecified atom stereocenters. The molecule has 17 heavy (non-hydrogen) atoms. The summed E-state index contributed by atoms with van der Waals surface area (Å²) in [5.74, 6) is -0.450. The molecule has 0 aromatic rings. The summed E-state index contributed by atoms with van der Waals surface area (Å²) in [5.41, 5.74) is 0. The number of amides is 1. The lowest BCUT2D eigenvalue weighted by Gasteiger charge is -2.24. The van der Waals surface area contributed by atoms with Crippen molar-refractivity contribution in [3.8, 4) is 0 Å². The number of rotatable bonds is 8. The van der Waals surface area contributed by atoms with Gasteiger partial charge in [-0.25, -0.2) is 0 Å². The van der Waals surface area contributed by atoms with Crippen molar-refractivity contribution in [3.05, 3.63) is 0 Å². The molecule has 0 bridgehead atoms. The van der Waals surface area contributed by atoms with Crippen LogP contribution >= 0.6 is 0 Å². The van der Waals surface area contributed by atoms with Gasteiger partial charge in [0.1, 0.15) is 6.54 Å². The van der Waals surface area contributed by atoms with Gasteiger partial charge in [-0.05, 0) is 32.6 Å². The van der Waals surface area contributed by atoms with E-state index in [0.29, 0.717) is 12.5 Å². The third kappa shape index (κ3) is 5.68. The molecule has 0 aromatic carbocycles. The highest BCUT2D eigenvalue weighted by Crippen LogP contribution is 2.28. The number of carbonyl (C=O) groups excluding carboxylic acids is 1. The second-order valence-electron chi connectivity index (χ2n) is 4.78. The van der Waals surface area contributed by atoms with Gasteiger partial charge in [-0.3, -0.25) is 9.59 Å². The highest BCUT2D eigenvalue weighted by Gasteiger charge is 2.22. The first kappa shape index (κ1) is 14.0. The van der Waals surface area contributed by atoms with Crippen LogP contribution in [-0.2, 0) is 14.3 Å². The summed E-state index contributed by atoms with van der Waals surface area (Å²) >= 11 is 0. The van der Waals surface area contributed by atoms with Crippen molar-refractivity contribution in [1.82, 2.24) is 4.90 Å². The van der Waals surface area contributed by atoms with Gasteiger partial charge >= 0.3 is 5.97 Å². The Labute approximate surface area is 102 Å². The van der Waals surface area contributed by atoms with Crippen LogP contribution in [0.4, 0.5) is 0 Å². The maximum Gasteiger partial charge on any atom is 0.323 e. The first-order valence-corrected chi connectivity index (χ1v) is 6.09. The average molecular weight is 243 g/mol. The summed E-state index contributed by atoms with van der Waals surface area (Å²) in [6, 6.07) is -0.0953. The molecule has 0 atom stereocenters. The minimum absolute atomic E-state index is 0.0953. The highest BCUT2D eigenvalue weighted by atomic mass is 16.5. The van der Waals surface area contributed by atoms with Crippen LogP contribution in [-0.4, -0.2) is 47.7 Å². The number of hydrogen-bond donors (Lipinski definition) is 1.